The number of rotatable bonds is 6. The molecule has 0 fully saturated rings. The first-order chi connectivity index (χ1) is 7.80. The summed E-state index contributed by atoms with van der Waals surface area (Å²) in [6.07, 6.45) is 0.592. The lowest BCUT2D eigenvalue weighted by Crippen LogP contribution is -2.37. The van der Waals surface area contributed by atoms with Gasteiger partial charge in [0.2, 0.25) is 6.41 Å². The molecule has 0 radical (unpaired) electrons. The van der Waals surface area contributed by atoms with Gasteiger partial charge in [-0.1, -0.05) is 0 Å². The normalized spacial score (nSPS) is 12.5. The maximum Gasteiger partial charge on any atom is 0.328 e. The first-order valence-electron chi connectivity index (χ1n) is 5.29. The van der Waals surface area contributed by atoms with Crippen LogP contribution in [-0.4, -0.2) is 37.1 Å². The smallest absolute Gasteiger partial charge is 0.328 e. The zero-order valence-corrected chi connectivity index (χ0v) is 10.6. The molecule has 1 N–H and O–H groups in total. The van der Waals surface area contributed by atoms with Crippen LogP contribution in [0.1, 0.15) is 33.6 Å². The molecule has 0 aromatic heterocycles. The second kappa shape index (κ2) is 6.88. The van der Waals surface area contributed by atoms with Gasteiger partial charge in [-0.15, -0.1) is 0 Å². The van der Waals surface area contributed by atoms with Crippen LogP contribution < -0.4 is 5.32 Å². The third-order valence-corrected chi connectivity index (χ3v) is 1.81. The Hall–Kier alpha value is -1.59. The standard InChI is InChI=1S/C11H19NO5/c1-11(2,3)17-9(14)6-5-8(12-7-13)10(15)16-4/h7-8H,5-6H2,1-4H3,(H,12,13). The van der Waals surface area contributed by atoms with E-state index in [1.54, 1.807) is 20.8 Å². The van der Waals surface area contributed by atoms with E-state index in [4.69, 9.17) is 4.74 Å². The Morgan fingerprint density at radius 1 is 1.35 bits per heavy atom. The van der Waals surface area contributed by atoms with Crippen molar-refractivity contribution in [2.24, 2.45) is 0 Å². The van der Waals surface area contributed by atoms with Crippen LogP contribution in [0.25, 0.3) is 0 Å². The van der Waals surface area contributed by atoms with Gasteiger partial charge < -0.3 is 14.8 Å². The van der Waals surface area contributed by atoms with Crippen molar-refractivity contribution >= 4 is 18.3 Å². The van der Waals surface area contributed by atoms with Gasteiger partial charge in [-0.25, -0.2) is 4.79 Å². The van der Waals surface area contributed by atoms with E-state index in [9.17, 15) is 14.4 Å². The summed E-state index contributed by atoms with van der Waals surface area (Å²) in [5, 5.41) is 2.29. The topological polar surface area (TPSA) is 81.7 Å². The fraction of sp³-hybridized carbons (Fsp3) is 0.727. The van der Waals surface area contributed by atoms with Gasteiger partial charge in [-0.3, -0.25) is 9.59 Å². The van der Waals surface area contributed by atoms with Crippen molar-refractivity contribution in [1.82, 2.24) is 5.32 Å². The van der Waals surface area contributed by atoms with Gasteiger partial charge in [0.25, 0.3) is 0 Å². The van der Waals surface area contributed by atoms with Gasteiger partial charge in [0, 0.05) is 6.42 Å². The van der Waals surface area contributed by atoms with Crippen molar-refractivity contribution in [3.63, 3.8) is 0 Å². The minimum atomic E-state index is -0.815. The molecule has 0 aromatic carbocycles. The molecular formula is C11H19NO5. The van der Waals surface area contributed by atoms with Gasteiger partial charge in [-0.2, -0.15) is 0 Å². The monoisotopic (exact) mass is 245 g/mol. The minimum absolute atomic E-state index is 0.0396. The molecule has 0 spiro atoms. The number of esters is 2. The Morgan fingerprint density at radius 2 is 1.94 bits per heavy atom. The minimum Gasteiger partial charge on any atom is -0.467 e. The van der Waals surface area contributed by atoms with Gasteiger partial charge in [0.15, 0.2) is 0 Å². The predicted molar refractivity (Wildman–Crippen MR) is 60.1 cm³/mol. The van der Waals surface area contributed by atoms with Crippen molar-refractivity contribution in [2.45, 2.75) is 45.3 Å². The first kappa shape index (κ1) is 15.4. The Kier molecular flexibility index (Phi) is 6.23. The number of amides is 1. The molecule has 0 aliphatic carbocycles. The molecule has 0 saturated carbocycles. The molecule has 1 atom stereocenters. The summed E-state index contributed by atoms with van der Waals surface area (Å²) >= 11 is 0. The van der Waals surface area contributed by atoms with E-state index in [2.05, 4.69) is 10.1 Å². The number of hydrogen-bond acceptors (Lipinski definition) is 5. The van der Waals surface area contributed by atoms with Gasteiger partial charge in [0.1, 0.15) is 11.6 Å². The van der Waals surface area contributed by atoms with Crippen molar-refractivity contribution in [2.75, 3.05) is 7.11 Å². The summed E-state index contributed by atoms with van der Waals surface area (Å²) in [6, 6.07) is -0.815. The largest absolute Gasteiger partial charge is 0.467 e. The molecule has 0 aliphatic rings. The van der Waals surface area contributed by atoms with Crippen LogP contribution in [0, 0.1) is 0 Å². The average Bonchev–Trinajstić information content (AvgIpc) is 2.20. The highest BCUT2D eigenvalue weighted by Gasteiger charge is 2.22. The molecule has 0 saturated heterocycles. The van der Waals surface area contributed by atoms with E-state index in [1.807, 2.05) is 0 Å². The Balaban J connectivity index is 4.17. The third kappa shape index (κ3) is 7.32. The number of nitrogens with one attached hydrogen (secondary N) is 1. The van der Waals surface area contributed by atoms with Gasteiger partial charge >= 0.3 is 11.9 Å². The summed E-state index contributed by atoms with van der Waals surface area (Å²) in [5.41, 5.74) is -0.560. The maximum atomic E-state index is 11.4. The van der Waals surface area contributed by atoms with Crippen LogP contribution in [0.3, 0.4) is 0 Å². The van der Waals surface area contributed by atoms with Crippen LogP contribution >= 0.6 is 0 Å². The lowest BCUT2D eigenvalue weighted by Gasteiger charge is -2.20. The molecule has 98 valence electrons. The lowest BCUT2D eigenvalue weighted by atomic mass is 10.1. The number of methoxy groups -OCH3 is 1. The van der Waals surface area contributed by atoms with Crippen LogP contribution in [0.5, 0.6) is 0 Å². The molecule has 1 unspecified atom stereocenters. The van der Waals surface area contributed by atoms with Gasteiger partial charge in [-0.05, 0) is 27.2 Å². The van der Waals surface area contributed by atoms with Crippen LogP contribution in [0.15, 0.2) is 0 Å². The summed E-state index contributed by atoms with van der Waals surface area (Å²) in [4.78, 5) is 32.9. The molecule has 17 heavy (non-hydrogen) atoms. The molecule has 0 aromatic rings. The Morgan fingerprint density at radius 3 is 2.35 bits per heavy atom. The van der Waals surface area contributed by atoms with Gasteiger partial charge in [0.05, 0.1) is 7.11 Å². The second-order valence-electron chi connectivity index (χ2n) is 4.49. The van der Waals surface area contributed by atoms with E-state index in [1.165, 1.54) is 7.11 Å². The van der Waals surface area contributed by atoms with Crippen LogP contribution in [0.4, 0.5) is 0 Å². The van der Waals surface area contributed by atoms with E-state index in [0.717, 1.165) is 0 Å². The first-order valence-corrected chi connectivity index (χ1v) is 5.29. The SMILES string of the molecule is COC(=O)C(CCC(=O)OC(C)(C)C)NC=O. The van der Waals surface area contributed by atoms with E-state index >= 15 is 0 Å². The average molecular weight is 245 g/mol. The van der Waals surface area contributed by atoms with Crippen molar-refractivity contribution in [3.05, 3.63) is 0 Å². The van der Waals surface area contributed by atoms with E-state index in [-0.39, 0.29) is 12.8 Å². The fourth-order valence-corrected chi connectivity index (χ4v) is 1.15. The molecule has 0 bridgehead atoms. The number of hydrogen-bond donors (Lipinski definition) is 1. The number of carbonyl (C=O) groups excluding carboxylic acids is 3. The summed E-state index contributed by atoms with van der Waals surface area (Å²) in [5.74, 6) is -1.00. The molecule has 6 heteroatoms. The Labute approximate surface area is 101 Å². The Bertz CT molecular complexity index is 282. The third-order valence-electron chi connectivity index (χ3n) is 1.81. The zero-order chi connectivity index (χ0) is 13.5. The van der Waals surface area contributed by atoms with Crippen LogP contribution in [0.2, 0.25) is 0 Å². The number of ether oxygens (including phenoxy) is 2. The number of carbonyl (C=O) groups is 3. The molecule has 1 amide bonds. The van der Waals surface area contributed by atoms with Crippen molar-refractivity contribution in [1.29, 1.82) is 0 Å². The lowest BCUT2D eigenvalue weighted by molar-refractivity contribution is -0.155. The predicted octanol–water partition coefficient (Wildman–Crippen LogP) is 0.396. The molecule has 0 rings (SSSR count). The quantitative estimate of drug-likeness (QED) is 0.541. The molecule has 6 nitrogen and oxygen atoms in total. The van der Waals surface area contributed by atoms with E-state index < -0.39 is 23.6 Å². The highest BCUT2D eigenvalue weighted by atomic mass is 16.6. The molecule has 0 heterocycles. The molecule has 0 aliphatic heterocycles. The fourth-order valence-electron chi connectivity index (χ4n) is 1.15. The van der Waals surface area contributed by atoms with Crippen molar-refractivity contribution < 1.29 is 23.9 Å². The maximum absolute atomic E-state index is 11.4. The van der Waals surface area contributed by atoms with Crippen molar-refractivity contribution in [3.8, 4) is 0 Å². The summed E-state index contributed by atoms with van der Waals surface area (Å²) in [6.45, 7) is 5.27. The second-order valence-corrected chi connectivity index (χ2v) is 4.49. The summed E-state index contributed by atoms with van der Waals surface area (Å²) in [7, 11) is 1.22. The van der Waals surface area contributed by atoms with E-state index in [0.29, 0.717) is 6.41 Å². The highest BCUT2D eigenvalue weighted by Crippen LogP contribution is 2.10. The van der Waals surface area contributed by atoms with Crippen LogP contribution in [-0.2, 0) is 23.9 Å². The molecular weight excluding hydrogens is 226 g/mol. The zero-order valence-electron chi connectivity index (χ0n) is 10.6. The summed E-state index contributed by atoms with van der Waals surface area (Å²) < 4.78 is 9.56. The highest BCUT2D eigenvalue weighted by molar-refractivity contribution is 5.79.